The zero-order valence-corrected chi connectivity index (χ0v) is 16.6. The average Bonchev–Trinajstić information content (AvgIpc) is 3.18. The van der Waals surface area contributed by atoms with Crippen LogP contribution in [0.2, 0.25) is 0 Å². The zero-order valence-electron chi connectivity index (χ0n) is 16.6. The number of alkyl halides is 3. The van der Waals surface area contributed by atoms with Gasteiger partial charge in [0, 0.05) is 0 Å². The first-order valence-electron chi connectivity index (χ1n) is 9.40. The summed E-state index contributed by atoms with van der Waals surface area (Å²) in [5.74, 6) is 0. The van der Waals surface area contributed by atoms with Gasteiger partial charge in [0.2, 0.25) is 0 Å². The van der Waals surface area contributed by atoms with Gasteiger partial charge in [-0.1, -0.05) is 59.3 Å². The first kappa shape index (κ1) is 25.9. The Morgan fingerprint density at radius 1 is 0.960 bits per heavy atom. The van der Waals surface area contributed by atoms with Crippen LogP contribution < -0.4 is 0 Å². The van der Waals surface area contributed by atoms with Gasteiger partial charge in [0.1, 0.15) is 0 Å². The molecule has 1 nitrogen and oxygen atoms in total. The Balaban J connectivity index is 0. The first-order valence-corrected chi connectivity index (χ1v) is 9.40. The van der Waals surface area contributed by atoms with E-state index in [1.165, 1.54) is 31.7 Å². The molecule has 2 rings (SSSR count). The molecule has 1 aliphatic rings. The summed E-state index contributed by atoms with van der Waals surface area (Å²) in [4.78, 5) is 0. The fraction of sp³-hybridized carbons (Fsp3) is 0.619. The summed E-state index contributed by atoms with van der Waals surface area (Å²) >= 11 is 0. The lowest BCUT2D eigenvalue weighted by molar-refractivity contribution is -0.137. The van der Waals surface area contributed by atoms with Crippen molar-refractivity contribution in [2.24, 2.45) is 0 Å². The molecule has 0 atom stereocenters. The average molecular weight is 361 g/mol. The molecular formula is C21H35F3O. The number of hydrogen-bond donors (Lipinski definition) is 1. The summed E-state index contributed by atoms with van der Waals surface area (Å²) in [5.41, 5.74) is 2.06. The lowest BCUT2D eigenvalue weighted by Gasteiger charge is -2.10. The number of aryl methyl sites for hydroxylation is 1. The first-order chi connectivity index (χ1) is 11.9. The van der Waals surface area contributed by atoms with Crippen molar-refractivity contribution in [1.82, 2.24) is 0 Å². The quantitative estimate of drug-likeness (QED) is 0.560. The maximum Gasteiger partial charge on any atom is 0.416 e. The van der Waals surface area contributed by atoms with Crippen molar-refractivity contribution in [3.63, 3.8) is 0 Å². The molecule has 4 heteroatoms. The number of hydrogen-bond acceptors (Lipinski definition) is 1. The van der Waals surface area contributed by atoms with Crippen LogP contribution in [0.15, 0.2) is 29.8 Å². The van der Waals surface area contributed by atoms with E-state index in [4.69, 9.17) is 5.11 Å². The minimum absolute atomic E-state index is 0.349. The van der Waals surface area contributed by atoms with E-state index in [9.17, 15) is 13.2 Å². The SMILES string of the molecule is CC.CC.CCC1=CCCC1.CCc1ccc(C(F)(F)F)cc1CO. The fourth-order valence-electron chi connectivity index (χ4n) is 2.35. The Morgan fingerprint density at radius 3 is 1.88 bits per heavy atom. The summed E-state index contributed by atoms with van der Waals surface area (Å²) in [6.45, 7) is 11.7. The van der Waals surface area contributed by atoms with Crippen molar-refractivity contribution in [1.29, 1.82) is 0 Å². The van der Waals surface area contributed by atoms with E-state index >= 15 is 0 Å². The van der Waals surface area contributed by atoms with Crippen LogP contribution in [0.3, 0.4) is 0 Å². The molecule has 1 aromatic rings. The maximum atomic E-state index is 12.3. The number of allylic oxidation sites excluding steroid dienone is 2. The Morgan fingerprint density at radius 2 is 1.56 bits per heavy atom. The van der Waals surface area contributed by atoms with E-state index in [2.05, 4.69) is 13.0 Å². The topological polar surface area (TPSA) is 20.2 Å². The van der Waals surface area contributed by atoms with Gasteiger partial charge in [0.15, 0.2) is 0 Å². The highest BCUT2D eigenvalue weighted by Gasteiger charge is 2.30. The van der Waals surface area contributed by atoms with Crippen LogP contribution in [0.1, 0.15) is 83.9 Å². The predicted octanol–water partition coefficient (Wildman–Crippen LogP) is 7.32. The van der Waals surface area contributed by atoms with Crippen LogP contribution in [-0.4, -0.2) is 5.11 Å². The molecule has 1 aromatic carbocycles. The Kier molecular flexibility index (Phi) is 15.6. The molecule has 0 bridgehead atoms. The van der Waals surface area contributed by atoms with Crippen molar-refractivity contribution in [3.05, 3.63) is 46.5 Å². The standard InChI is InChI=1S/C10H11F3O.C7H12.2C2H6/c1-2-7-3-4-9(10(11,12)13)5-8(7)6-14;1-2-7-5-3-4-6-7;2*1-2/h3-5,14H,2,6H2,1H3;5H,2-4,6H2,1H3;2*1-2H3. The highest BCUT2D eigenvalue weighted by molar-refractivity contribution is 5.33. The highest BCUT2D eigenvalue weighted by Crippen LogP contribution is 2.30. The molecule has 0 saturated heterocycles. The van der Waals surface area contributed by atoms with Gasteiger partial charge in [-0.15, -0.1) is 0 Å². The third kappa shape index (κ3) is 10.3. The molecular weight excluding hydrogens is 325 g/mol. The van der Waals surface area contributed by atoms with E-state index in [-0.39, 0.29) is 6.61 Å². The molecule has 0 saturated carbocycles. The van der Waals surface area contributed by atoms with Gasteiger partial charge in [-0.05, 0) is 55.4 Å². The van der Waals surface area contributed by atoms with E-state index < -0.39 is 11.7 Å². The maximum absolute atomic E-state index is 12.3. The highest BCUT2D eigenvalue weighted by atomic mass is 19.4. The minimum Gasteiger partial charge on any atom is -0.392 e. The van der Waals surface area contributed by atoms with E-state index in [1.807, 2.05) is 34.6 Å². The van der Waals surface area contributed by atoms with Gasteiger partial charge in [-0.3, -0.25) is 0 Å². The fourth-order valence-corrected chi connectivity index (χ4v) is 2.35. The van der Waals surface area contributed by atoms with Crippen LogP contribution in [0.5, 0.6) is 0 Å². The second-order valence-corrected chi connectivity index (χ2v) is 5.10. The van der Waals surface area contributed by atoms with Crippen LogP contribution in [0.25, 0.3) is 0 Å². The van der Waals surface area contributed by atoms with Crippen LogP contribution in [-0.2, 0) is 19.2 Å². The third-order valence-corrected chi connectivity index (χ3v) is 3.67. The molecule has 0 fully saturated rings. The van der Waals surface area contributed by atoms with Crippen LogP contribution in [0.4, 0.5) is 13.2 Å². The van der Waals surface area contributed by atoms with Crippen LogP contribution >= 0.6 is 0 Å². The van der Waals surface area contributed by atoms with Gasteiger partial charge in [-0.25, -0.2) is 0 Å². The Labute approximate surface area is 152 Å². The number of halogens is 3. The number of benzene rings is 1. The van der Waals surface area contributed by atoms with Crippen molar-refractivity contribution >= 4 is 0 Å². The summed E-state index contributed by atoms with van der Waals surface area (Å²) in [6.07, 6.45) is 4.05. The molecule has 1 aliphatic carbocycles. The molecule has 0 heterocycles. The van der Waals surface area contributed by atoms with Crippen molar-refractivity contribution in [2.45, 2.75) is 86.4 Å². The molecule has 0 unspecified atom stereocenters. The summed E-state index contributed by atoms with van der Waals surface area (Å²) in [7, 11) is 0. The van der Waals surface area contributed by atoms with Gasteiger partial charge >= 0.3 is 6.18 Å². The molecule has 25 heavy (non-hydrogen) atoms. The normalized spacial score (nSPS) is 12.6. The molecule has 0 radical (unpaired) electrons. The van der Waals surface area contributed by atoms with Crippen molar-refractivity contribution in [2.75, 3.05) is 0 Å². The van der Waals surface area contributed by atoms with Crippen molar-refractivity contribution in [3.8, 4) is 0 Å². The Hall–Kier alpha value is -1.29. The predicted molar refractivity (Wildman–Crippen MR) is 102 cm³/mol. The molecule has 0 aromatic heterocycles. The smallest absolute Gasteiger partial charge is 0.392 e. The third-order valence-electron chi connectivity index (χ3n) is 3.67. The van der Waals surface area contributed by atoms with E-state index in [1.54, 1.807) is 5.57 Å². The largest absolute Gasteiger partial charge is 0.416 e. The van der Waals surface area contributed by atoms with E-state index in [0.29, 0.717) is 12.0 Å². The summed E-state index contributed by atoms with van der Waals surface area (Å²) < 4.78 is 36.8. The van der Waals surface area contributed by atoms with Gasteiger partial charge < -0.3 is 5.11 Å². The van der Waals surface area contributed by atoms with Gasteiger partial charge in [-0.2, -0.15) is 13.2 Å². The molecule has 0 amide bonds. The lowest BCUT2D eigenvalue weighted by Crippen LogP contribution is -2.06. The summed E-state index contributed by atoms with van der Waals surface area (Å²) in [5, 5.41) is 8.87. The summed E-state index contributed by atoms with van der Waals surface area (Å²) in [6, 6.07) is 3.45. The van der Waals surface area contributed by atoms with Gasteiger partial charge in [0.05, 0.1) is 12.2 Å². The zero-order chi connectivity index (χ0) is 19.9. The van der Waals surface area contributed by atoms with Crippen molar-refractivity contribution < 1.29 is 18.3 Å². The minimum atomic E-state index is -4.34. The van der Waals surface area contributed by atoms with E-state index in [0.717, 1.165) is 17.7 Å². The van der Waals surface area contributed by atoms with Crippen LogP contribution in [0, 0.1) is 0 Å². The lowest BCUT2D eigenvalue weighted by atomic mass is 10.0. The number of rotatable bonds is 3. The number of aliphatic hydroxyl groups excluding tert-OH is 1. The molecule has 0 spiro atoms. The molecule has 1 N–H and O–H groups in total. The van der Waals surface area contributed by atoms with Gasteiger partial charge in [0.25, 0.3) is 0 Å². The second-order valence-electron chi connectivity index (χ2n) is 5.10. The molecule has 0 aliphatic heterocycles. The monoisotopic (exact) mass is 360 g/mol. The molecule has 146 valence electrons. The number of aliphatic hydroxyl groups is 1. The second kappa shape index (κ2) is 15.0. The Bertz CT molecular complexity index is 477.